The molecule has 0 saturated heterocycles. The molecule has 0 amide bonds. The van der Waals surface area contributed by atoms with E-state index in [0.29, 0.717) is 5.25 Å². The van der Waals surface area contributed by atoms with Crippen LogP contribution in [0.25, 0.3) is 0 Å². The van der Waals surface area contributed by atoms with Crippen molar-refractivity contribution in [2.45, 2.75) is 17.0 Å². The zero-order chi connectivity index (χ0) is 9.10. The highest BCUT2D eigenvalue weighted by atomic mass is 79.9. The summed E-state index contributed by atoms with van der Waals surface area (Å²) >= 11 is 5.36. The van der Waals surface area contributed by atoms with Crippen LogP contribution in [0.15, 0.2) is 35.7 Å². The Hall–Kier alpha value is -0.210. The van der Waals surface area contributed by atoms with Gasteiger partial charge in [0.25, 0.3) is 0 Å². The van der Waals surface area contributed by atoms with Gasteiger partial charge in [-0.3, -0.25) is 0 Å². The van der Waals surface area contributed by atoms with Crippen molar-refractivity contribution in [3.05, 3.63) is 46.9 Å². The maximum absolute atomic E-state index is 3.45. The minimum atomic E-state index is 0.657. The van der Waals surface area contributed by atoms with Crippen LogP contribution in [0.4, 0.5) is 0 Å². The molecule has 0 spiro atoms. The average molecular weight is 255 g/mol. The Balaban J connectivity index is 2.13. The molecule has 1 atom stereocenters. The Labute approximate surface area is 91.6 Å². The molecular weight excluding hydrogens is 244 g/mol. The van der Waals surface area contributed by atoms with Crippen LogP contribution in [0.3, 0.4) is 0 Å². The van der Waals surface area contributed by atoms with Gasteiger partial charge in [0.05, 0.1) is 0 Å². The minimum Gasteiger partial charge on any atom is -0.126 e. The molecule has 1 unspecified atom stereocenters. The van der Waals surface area contributed by atoms with Gasteiger partial charge in [0.15, 0.2) is 0 Å². The molecule has 1 aromatic rings. The highest BCUT2D eigenvalue weighted by Gasteiger charge is 2.12. The Kier molecular flexibility index (Phi) is 3.12. The summed E-state index contributed by atoms with van der Waals surface area (Å²) in [6, 6.07) is 8.87. The van der Waals surface area contributed by atoms with Crippen LogP contribution in [-0.4, -0.2) is 0 Å². The summed E-state index contributed by atoms with van der Waals surface area (Å²) in [7, 11) is 0. The van der Waals surface area contributed by atoms with Gasteiger partial charge in [-0.1, -0.05) is 46.3 Å². The van der Waals surface area contributed by atoms with Gasteiger partial charge >= 0.3 is 0 Å². The third-order valence-corrected chi connectivity index (χ3v) is 3.99. The SMILES string of the molecule is BrCc1ccc(C2CC=CS2)cc1. The van der Waals surface area contributed by atoms with E-state index in [2.05, 4.69) is 51.7 Å². The normalized spacial score (nSPS) is 20.8. The smallest absolute Gasteiger partial charge is 0.0373 e. The lowest BCUT2D eigenvalue weighted by molar-refractivity contribution is 0.989. The first-order chi connectivity index (χ1) is 6.40. The van der Waals surface area contributed by atoms with Crippen molar-refractivity contribution in [2.24, 2.45) is 0 Å². The standard InChI is InChI=1S/C11H11BrS/c12-8-9-3-5-10(6-4-9)11-2-1-7-13-11/h1,3-7,11H,2,8H2. The molecule has 2 rings (SSSR count). The Morgan fingerprint density at radius 2 is 2.08 bits per heavy atom. The van der Waals surface area contributed by atoms with E-state index in [0.717, 1.165) is 5.33 Å². The van der Waals surface area contributed by atoms with Crippen LogP contribution in [-0.2, 0) is 5.33 Å². The molecule has 1 aromatic carbocycles. The summed E-state index contributed by atoms with van der Waals surface area (Å²) in [5.74, 6) is 0. The fraction of sp³-hybridized carbons (Fsp3) is 0.273. The van der Waals surface area contributed by atoms with Crippen molar-refractivity contribution in [3.63, 3.8) is 0 Å². The molecule has 13 heavy (non-hydrogen) atoms. The summed E-state index contributed by atoms with van der Waals surface area (Å²) in [6.45, 7) is 0. The van der Waals surface area contributed by atoms with Gasteiger partial charge in [0.2, 0.25) is 0 Å². The number of hydrogen-bond donors (Lipinski definition) is 0. The number of benzene rings is 1. The third kappa shape index (κ3) is 2.18. The molecule has 0 aromatic heterocycles. The molecule has 2 heteroatoms. The molecule has 1 aliphatic heterocycles. The van der Waals surface area contributed by atoms with E-state index < -0.39 is 0 Å². The number of thioether (sulfide) groups is 1. The van der Waals surface area contributed by atoms with Crippen molar-refractivity contribution >= 4 is 27.7 Å². The average Bonchev–Trinajstić information content (AvgIpc) is 2.71. The lowest BCUT2D eigenvalue weighted by Gasteiger charge is -2.08. The molecule has 0 aliphatic carbocycles. The zero-order valence-electron chi connectivity index (χ0n) is 7.24. The van der Waals surface area contributed by atoms with E-state index >= 15 is 0 Å². The molecule has 68 valence electrons. The second-order valence-corrected chi connectivity index (χ2v) is 4.78. The highest BCUT2D eigenvalue weighted by Crippen LogP contribution is 2.38. The van der Waals surface area contributed by atoms with Crippen molar-refractivity contribution in [1.82, 2.24) is 0 Å². The zero-order valence-corrected chi connectivity index (χ0v) is 9.64. The van der Waals surface area contributed by atoms with Crippen LogP contribution in [0.2, 0.25) is 0 Å². The predicted octanol–water partition coefficient (Wildman–Crippen LogP) is 4.27. The summed E-state index contributed by atoms with van der Waals surface area (Å²) in [5.41, 5.74) is 2.79. The van der Waals surface area contributed by atoms with Crippen LogP contribution >= 0.6 is 27.7 Å². The van der Waals surface area contributed by atoms with Crippen LogP contribution in [0.5, 0.6) is 0 Å². The first kappa shape index (κ1) is 9.35. The summed E-state index contributed by atoms with van der Waals surface area (Å²) in [5, 5.41) is 3.80. The molecule has 0 saturated carbocycles. The van der Waals surface area contributed by atoms with Crippen molar-refractivity contribution in [2.75, 3.05) is 0 Å². The second-order valence-electron chi connectivity index (χ2n) is 3.11. The quantitative estimate of drug-likeness (QED) is 0.711. The van der Waals surface area contributed by atoms with Crippen molar-refractivity contribution in [3.8, 4) is 0 Å². The van der Waals surface area contributed by atoms with Crippen molar-refractivity contribution < 1.29 is 0 Å². The largest absolute Gasteiger partial charge is 0.126 e. The Morgan fingerprint density at radius 1 is 1.31 bits per heavy atom. The highest BCUT2D eigenvalue weighted by molar-refractivity contribution is 9.08. The number of alkyl halides is 1. The van der Waals surface area contributed by atoms with E-state index in [1.54, 1.807) is 0 Å². The van der Waals surface area contributed by atoms with E-state index in [-0.39, 0.29) is 0 Å². The number of halogens is 1. The van der Waals surface area contributed by atoms with Gasteiger partial charge in [-0.2, -0.15) is 0 Å². The first-order valence-electron chi connectivity index (χ1n) is 4.35. The Morgan fingerprint density at radius 3 is 2.62 bits per heavy atom. The monoisotopic (exact) mass is 254 g/mol. The van der Waals surface area contributed by atoms with Crippen molar-refractivity contribution in [1.29, 1.82) is 0 Å². The minimum absolute atomic E-state index is 0.657. The maximum Gasteiger partial charge on any atom is 0.0373 e. The van der Waals surface area contributed by atoms with Gasteiger partial charge in [-0.05, 0) is 23.0 Å². The van der Waals surface area contributed by atoms with Gasteiger partial charge in [-0.25, -0.2) is 0 Å². The summed E-state index contributed by atoms with van der Waals surface area (Å²) in [6.07, 6.45) is 3.42. The molecular formula is C11H11BrS. The lowest BCUT2D eigenvalue weighted by Crippen LogP contribution is -1.88. The number of hydrogen-bond acceptors (Lipinski definition) is 1. The van der Waals surface area contributed by atoms with E-state index in [1.165, 1.54) is 17.5 Å². The van der Waals surface area contributed by atoms with Crippen LogP contribution in [0, 0.1) is 0 Å². The van der Waals surface area contributed by atoms with E-state index in [1.807, 2.05) is 11.8 Å². The van der Waals surface area contributed by atoms with Gasteiger partial charge < -0.3 is 0 Å². The second kappa shape index (κ2) is 4.34. The fourth-order valence-corrected chi connectivity index (χ4v) is 2.74. The first-order valence-corrected chi connectivity index (χ1v) is 6.42. The number of rotatable bonds is 2. The van der Waals surface area contributed by atoms with Gasteiger partial charge in [-0.15, -0.1) is 11.8 Å². The van der Waals surface area contributed by atoms with E-state index in [4.69, 9.17) is 0 Å². The molecule has 0 fully saturated rings. The van der Waals surface area contributed by atoms with Crippen LogP contribution < -0.4 is 0 Å². The lowest BCUT2D eigenvalue weighted by atomic mass is 10.1. The summed E-state index contributed by atoms with van der Waals surface area (Å²) < 4.78 is 0. The molecule has 0 radical (unpaired) electrons. The van der Waals surface area contributed by atoms with Gasteiger partial charge in [0, 0.05) is 10.6 Å². The predicted molar refractivity (Wildman–Crippen MR) is 63.2 cm³/mol. The third-order valence-electron chi connectivity index (χ3n) is 2.20. The Bertz CT molecular complexity index is 294. The van der Waals surface area contributed by atoms with Crippen LogP contribution in [0.1, 0.15) is 22.8 Å². The fourth-order valence-electron chi connectivity index (χ4n) is 1.42. The molecule has 0 N–H and O–H groups in total. The number of allylic oxidation sites excluding steroid dienone is 1. The maximum atomic E-state index is 3.45. The molecule has 0 nitrogen and oxygen atoms in total. The molecule has 0 bridgehead atoms. The molecule has 1 heterocycles. The topological polar surface area (TPSA) is 0 Å². The van der Waals surface area contributed by atoms with Gasteiger partial charge in [0.1, 0.15) is 0 Å². The molecule has 1 aliphatic rings. The summed E-state index contributed by atoms with van der Waals surface area (Å²) in [4.78, 5) is 0. The van der Waals surface area contributed by atoms with E-state index in [9.17, 15) is 0 Å².